The van der Waals surface area contributed by atoms with Crippen molar-refractivity contribution in [3.05, 3.63) is 29.8 Å². The summed E-state index contributed by atoms with van der Waals surface area (Å²) in [5.41, 5.74) is 1.39. The third kappa shape index (κ3) is 3.45. The van der Waals surface area contributed by atoms with Gasteiger partial charge in [-0.15, -0.1) is 0 Å². The fourth-order valence-corrected chi connectivity index (χ4v) is 3.82. The molecule has 2 aliphatic heterocycles. The van der Waals surface area contributed by atoms with Gasteiger partial charge in [0, 0.05) is 32.3 Å². The van der Waals surface area contributed by atoms with Gasteiger partial charge < -0.3 is 14.4 Å². The first-order chi connectivity index (χ1) is 10.6. The van der Waals surface area contributed by atoms with Crippen LogP contribution in [-0.2, 0) is 11.3 Å². The van der Waals surface area contributed by atoms with Crippen molar-refractivity contribution in [1.29, 1.82) is 0 Å². The number of hydrogen-bond donors (Lipinski definition) is 0. The monoisotopic (exact) mass is 304 g/mol. The van der Waals surface area contributed by atoms with E-state index in [9.17, 15) is 0 Å². The number of benzene rings is 1. The van der Waals surface area contributed by atoms with Crippen LogP contribution in [0.25, 0.3) is 0 Å². The number of likely N-dealkylation sites (tertiary alicyclic amines) is 1. The molecule has 2 atom stereocenters. The summed E-state index contributed by atoms with van der Waals surface area (Å²) < 4.78 is 11.5. The van der Waals surface area contributed by atoms with Gasteiger partial charge in [-0.1, -0.05) is 12.1 Å². The van der Waals surface area contributed by atoms with Crippen LogP contribution in [0.2, 0.25) is 0 Å². The predicted molar refractivity (Wildman–Crippen MR) is 88.3 cm³/mol. The molecule has 0 saturated carbocycles. The molecule has 2 heterocycles. The normalized spacial score (nSPS) is 29.4. The number of hydrogen-bond acceptors (Lipinski definition) is 4. The van der Waals surface area contributed by atoms with Crippen LogP contribution in [0.15, 0.2) is 24.3 Å². The average molecular weight is 304 g/mol. The van der Waals surface area contributed by atoms with E-state index >= 15 is 0 Å². The lowest BCUT2D eigenvalue weighted by atomic mass is 9.89. The summed E-state index contributed by atoms with van der Waals surface area (Å²) in [4.78, 5) is 4.88. The van der Waals surface area contributed by atoms with Crippen LogP contribution in [0, 0.1) is 0 Å². The fourth-order valence-electron chi connectivity index (χ4n) is 3.82. The Balaban J connectivity index is 1.62. The van der Waals surface area contributed by atoms with Crippen molar-refractivity contribution in [2.45, 2.75) is 37.5 Å². The van der Waals surface area contributed by atoms with Crippen LogP contribution in [0.4, 0.5) is 0 Å². The minimum absolute atomic E-state index is 0.0754. The van der Waals surface area contributed by atoms with Crippen molar-refractivity contribution < 1.29 is 9.47 Å². The van der Waals surface area contributed by atoms with Gasteiger partial charge in [0.1, 0.15) is 5.75 Å². The molecule has 2 fully saturated rings. The zero-order chi connectivity index (χ0) is 15.6. The molecule has 122 valence electrons. The molecule has 0 aliphatic carbocycles. The van der Waals surface area contributed by atoms with Crippen LogP contribution in [0.1, 0.15) is 24.8 Å². The summed E-state index contributed by atoms with van der Waals surface area (Å²) in [7, 11) is 6.10. The molecular formula is C18H28N2O2. The second kappa shape index (κ2) is 6.57. The van der Waals surface area contributed by atoms with E-state index in [0.717, 1.165) is 51.3 Å². The van der Waals surface area contributed by atoms with E-state index in [1.807, 2.05) is 6.07 Å². The maximum absolute atomic E-state index is 6.23. The minimum Gasteiger partial charge on any atom is -0.497 e. The molecule has 4 nitrogen and oxygen atoms in total. The van der Waals surface area contributed by atoms with Crippen LogP contribution in [-0.4, -0.2) is 62.3 Å². The van der Waals surface area contributed by atoms with E-state index in [0.29, 0.717) is 6.04 Å². The van der Waals surface area contributed by atoms with Crippen molar-refractivity contribution in [3.8, 4) is 5.75 Å². The minimum atomic E-state index is 0.0754. The van der Waals surface area contributed by atoms with Gasteiger partial charge in [-0.25, -0.2) is 0 Å². The van der Waals surface area contributed by atoms with E-state index in [1.54, 1.807) is 7.11 Å². The lowest BCUT2D eigenvalue weighted by molar-refractivity contribution is -0.0932. The molecule has 1 aromatic rings. The number of nitrogens with zero attached hydrogens (tertiary/aromatic N) is 2. The Bertz CT molecular complexity index is 506. The topological polar surface area (TPSA) is 24.9 Å². The fraction of sp³-hybridized carbons (Fsp3) is 0.667. The van der Waals surface area contributed by atoms with Crippen LogP contribution >= 0.6 is 0 Å². The van der Waals surface area contributed by atoms with Gasteiger partial charge in [0.15, 0.2) is 0 Å². The van der Waals surface area contributed by atoms with Gasteiger partial charge in [-0.05, 0) is 51.1 Å². The van der Waals surface area contributed by atoms with Crippen molar-refractivity contribution in [2.24, 2.45) is 0 Å². The number of methoxy groups -OCH3 is 1. The summed E-state index contributed by atoms with van der Waals surface area (Å²) in [6.07, 6.45) is 3.47. The number of rotatable bonds is 4. The second-order valence-corrected chi connectivity index (χ2v) is 6.95. The standard InChI is InChI=1S/C18H28N2O2/c1-19(2)16-7-10-22-18(12-16)8-9-20(14-18)13-15-5-4-6-17(11-15)21-3/h4-6,11,16H,7-10,12-14H2,1-3H3/t16-,18+/m0/s1. The Morgan fingerprint density at radius 3 is 3.05 bits per heavy atom. The molecule has 22 heavy (non-hydrogen) atoms. The highest BCUT2D eigenvalue weighted by molar-refractivity contribution is 5.28. The first kappa shape index (κ1) is 15.8. The average Bonchev–Trinajstić information content (AvgIpc) is 2.89. The molecule has 0 amide bonds. The molecule has 1 spiro atoms. The highest BCUT2D eigenvalue weighted by Gasteiger charge is 2.43. The predicted octanol–water partition coefficient (Wildman–Crippen LogP) is 2.38. The summed E-state index contributed by atoms with van der Waals surface area (Å²) in [5, 5.41) is 0. The van der Waals surface area contributed by atoms with Gasteiger partial charge >= 0.3 is 0 Å². The van der Waals surface area contributed by atoms with E-state index < -0.39 is 0 Å². The maximum Gasteiger partial charge on any atom is 0.119 e. The summed E-state index contributed by atoms with van der Waals surface area (Å²) in [5.74, 6) is 0.938. The van der Waals surface area contributed by atoms with Gasteiger partial charge in [0.25, 0.3) is 0 Å². The van der Waals surface area contributed by atoms with Crippen LogP contribution in [0.3, 0.4) is 0 Å². The summed E-state index contributed by atoms with van der Waals surface area (Å²) in [6, 6.07) is 9.04. The van der Waals surface area contributed by atoms with Gasteiger partial charge in [0.05, 0.1) is 12.7 Å². The van der Waals surface area contributed by atoms with Crippen LogP contribution < -0.4 is 4.74 Å². The lowest BCUT2D eigenvalue weighted by Gasteiger charge is -2.40. The Hall–Kier alpha value is -1.10. The molecule has 2 aliphatic rings. The Morgan fingerprint density at radius 1 is 1.41 bits per heavy atom. The zero-order valence-electron chi connectivity index (χ0n) is 14.0. The first-order valence-electron chi connectivity index (χ1n) is 8.26. The summed E-state index contributed by atoms with van der Waals surface area (Å²) in [6.45, 7) is 4.05. The molecule has 0 N–H and O–H groups in total. The third-order valence-corrected chi connectivity index (χ3v) is 5.13. The molecule has 0 aromatic heterocycles. The van der Waals surface area contributed by atoms with Crippen molar-refractivity contribution >= 4 is 0 Å². The van der Waals surface area contributed by atoms with Crippen molar-refractivity contribution in [2.75, 3.05) is 40.9 Å². The molecule has 2 saturated heterocycles. The SMILES string of the molecule is COc1cccc(CN2CC[C@@]3(C[C@@H](N(C)C)CCO3)C2)c1. The van der Waals surface area contributed by atoms with Crippen molar-refractivity contribution in [1.82, 2.24) is 9.80 Å². The van der Waals surface area contributed by atoms with E-state index in [2.05, 4.69) is 42.1 Å². The van der Waals surface area contributed by atoms with Gasteiger partial charge in [-0.3, -0.25) is 4.90 Å². The van der Waals surface area contributed by atoms with Crippen LogP contribution in [0.5, 0.6) is 5.75 Å². The highest BCUT2D eigenvalue weighted by Crippen LogP contribution is 2.36. The molecule has 1 aromatic carbocycles. The first-order valence-corrected chi connectivity index (χ1v) is 8.26. The molecule has 3 rings (SSSR count). The largest absolute Gasteiger partial charge is 0.497 e. The van der Waals surface area contributed by atoms with E-state index in [4.69, 9.17) is 9.47 Å². The Morgan fingerprint density at radius 2 is 2.27 bits per heavy atom. The number of ether oxygens (including phenoxy) is 2. The Labute approximate surface area is 134 Å². The third-order valence-electron chi connectivity index (χ3n) is 5.13. The summed E-state index contributed by atoms with van der Waals surface area (Å²) >= 11 is 0. The quantitative estimate of drug-likeness (QED) is 0.853. The Kier molecular flexibility index (Phi) is 4.71. The lowest BCUT2D eigenvalue weighted by Crippen LogP contribution is -2.48. The molecular weight excluding hydrogens is 276 g/mol. The van der Waals surface area contributed by atoms with Crippen molar-refractivity contribution in [3.63, 3.8) is 0 Å². The van der Waals surface area contributed by atoms with Gasteiger partial charge in [-0.2, -0.15) is 0 Å². The molecule has 0 unspecified atom stereocenters. The van der Waals surface area contributed by atoms with Gasteiger partial charge in [0.2, 0.25) is 0 Å². The molecule has 0 bridgehead atoms. The second-order valence-electron chi connectivity index (χ2n) is 6.95. The molecule has 0 radical (unpaired) electrons. The molecule has 4 heteroatoms. The van der Waals surface area contributed by atoms with E-state index in [1.165, 1.54) is 5.56 Å². The smallest absolute Gasteiger partial charge is 0.119 e. The van der Waals surface area contributed by atoms with E-state index in [-0.39, 0.29) is 5.60 Å². The highest BCUT2D eigenvalue weighted by atomic mass is 16.5. The zero-order valence-corrected chi connectivity index (χ0v) is 14.0. The maximum atomic E-state index is 6.23.